The minimum Gasteiger partial charge on any atom is -0.598 e. The zero-order chi connectivity index (χ0) is 31.1. The summed E-state index contributed by atoms with van der Waals surface area (Å²) in [5.41, 5.74) is 1.33. The summed E-state index contributed by atoms with van der Waals surface area (Å²) in [6.07, 6.45) is 6.94. The van der Waals surface area contributed by atoms with Gasteiger partial charge in [-0.05, 0) is 58.2 Å². The predicted molar refractivity (Wildman–Crippen MR) is 177 cm³/mol. The van der Waals surface area contributed by atoms with Crippen LogP contribution in [0.2, 0.25) is 5.02 Å². The van der Waals surface area contributed by atoms with Gasteiger partial charge in [0, 0.05) is 34.8 Å². The summed E-state index contributed by atoms with van der Waals surface area (Å²) < 4.78 is 23.6. The number of halogens is 1. The Hall–Kier alpha value is -2.67. The van der Waals surface area contributed by atoms with Crippen molar-refractivity contribution in [2.24, 2.45) is 5.41 Å². The Bertz CT molecular complexity index is 1670. The van der Waals surface area contributed by atoms with Crippen LogP contribution in [-0.2, 0) is 22.6 Å². The van der Waals surface area contributed by atoms with Crippen LogP contribution in [0.15, 0.2) is 75.9 Å². The maximum atomic E-state index is 13.4. The predicted octanol–water partition coefficient (Wildman–Crippen LogP) is 5.47. The van der Waals surface area contributed by atoms with Gasteiger partial charge in [-0.3, -0.25) is 9.36 Å². The van der Waals surface area contributed by atoms with Gasteiger partial charge >= 0.3 is 0 Å². The van der Waals surface area contributed by atoms with Gasteiger partial charge in [-0.25, -0.2) is 15.0 Å². The molecule has 12 heteroatoms. The van der Waals surface area contributed by atoms with Crippen LogP contribution in [0.25, 0.3) is 10.9 Å². The first-order valence-corrected chi connectivity index (χ1v) is 17.1. The highest BCUT2D eigenvalue weighted by molar-refractivity contribution is 7.99. The van der Waals surface area contributed by atoms with E-state index >= 15 is 0 Å². The van der Waals surface area contributed by atoms with E-state index in [-0.39, 0.29) is 27.9 Å². The third-order valence-corrected chi connectivity index (χ3v) is 11.6. The molecule has 0 radical (unpaired) electrons. The molecule has 2 aliphatic rings. The number of nitrogens with zero attached hydrogens (tertiary/aromatic N) is 5. The molecule has 2 aliphatic heterocycles. The average molecular weight is 653 g/mol. The van der Waals surface area contributed by atoms with Gasteiger partial charge < -0.3 is 14.2 Å². The molecule has 4 aromatic rings. The molecule has 2 fully saturated rings. The smallest absolute Gasteiger partial charge is 0.263 e. The lowest BCUT2D eigenvalue weighted by atomic mass is 9.73. The van der Waals surface area contributed by atoms with Crippen LogP contribution in [0.3, 0.4) is 0 Å². The third-order valence-electron chi connectivity index (χ3n) is 8.56. The van der Waals surface area contributed by atoms with Gasteiger partial charge in [0.1, 0.15) is 15.6 Å². The Morgan fingerprint density at radius 3 is 2.55 bits per heavy atom. The molecule has 1 N–H and O–H groups in total. The van der Waals surface area contributed by atoms with Crippen LogP contribution in [0.5, 0.6) is 0 Å². The van der Waals surface area contributed by atoms with Crippen molar-refractivity contribution in [3.63, 3.8) is 0 Å². The Kier molecular flexibility index (Phi) is 8.98. The number of ether oxygens (including phenoxy) is 1. The third kappa shape index (κ3) is 6.36. The van der Waals surface area contributed by atoms with Crippen molar-refractivity contribution in [1.82, 2.24) is 24.2 Å². The summed E-state index contributed by atoms with van der Waals surface area (Å²) in [7, 11) is 0. The van der Waals surface area contributed by atoms with Crippen LogP contribution in [0, 0.1) is 5.41 Å². The number of nitrogens with one attached hydrogen (secondary N) is 1. The summed E-state index contributed by atoms with van der Waals surface area (Å²) in [6, 6.07) is 13.5. The second-order valence-corrected chi connectivity index (χ2v) is 16.0. The second-order valence-electron chi connectivity index (χ2n) is 12.6. The Labute approximate surface area is 270 Å². The molecule has 1 spiro atoms. The SMILES string of the molecule is C[C@@H]1OCC2(CCN(c3cnc(Sc4ccc5ncn(Cc6ccccc6)c(=O)c5c4Cl)cn3)CC2)[C@@H]1N[S+]([O-])C(C)(C)C. The van der Waals surface area contributed by atoms with Gasteiger partial charge in [0.25, 0.3) is 5.56 Å². The van der Waals surface area contributed by atoms with E-state index in [1.54, 1.807) is 23.3 Å². The van der Waals surface area contributed by atoms with Crippen molar-refractivity contribution in [3.8, 4) is 0 Å². The summed E-state index contributed by atoms with van der Waals surface area (Å²) >= 11 is 7.01. The van der Waals surface area contributed by atoms with Crippen LogP contribution < -0.4 is 15.2 Å². The van der Waals surface area contributed by atoms with E-state index in [4.69, 9.17) is 21.3 Å². The van der Waals surface area contributed by atoms with Crippen LogP contribution in [-0.4, -0.2) is 60.7 Å². The molecule has 44 heavy (non-hydrogen) atoms. The fourth-order valence-corrected chi connectivity index (χ4v) is 8.07. The van der Waals surface area contributed by atoms with E-state index in [9.17, 15) is 9.35 Å². The van der Waals surface area contributed by atoms with Gasteiger partial charge in [-0.1, -0.05) is 53.7 Å². The molecule has 0 saturated carbocycles. The van der Waals surface area contributed by atoms with Gasteiger partial charge in [-0.2, -0.15) is 0 Å². The molecule has 1 unspecified atom stereocenters. The molecule has 3 atom stereocenters. The van der Waals surface area contributed by atoms with Crippen molar-refractivity contribution in [1.29, 1.82) is 0 Å². The number of benzene rings is 2. The first-order chi connectivity index (χ1) is 21.0. The van der Waals surface area contributed by atoms with E-state index < -0.39 is 11.4 Å². The van der Waals surface area contributed by atoms with Gasteiger partial charge in [-0.15, -0.1) is 4.72 Å². The average Bonchev–Trinajstić information content (AvgIpc) is 3.30. The molecule has 9 nitrogen and oxygen atoms in total. The lowest BCUT2D eigenvalue weighted by molar-refractivity contribution is 0.0973. The molecule has 6 rings (SSSR count). The molecule has 4 heterocycles. The number of hydrogen-bond acceptors (Lipinski definition) is 9. The van der Waals surface area contributed by atoms with Crippen LogP contribution in [0.1, 0.15) is 46.1 Å². The van der Waals surface area contributed by atoms with E-state index in [0.717, 1.165) is 42.2 Å². The maximum Gasteiger partial charge on any atom is 0.263 e. The Balaban J connectivity index is 1.14. The lowest BCUT2D eigenvalue weighted by Crippen LogP contribution is -2.56. The minimum atomic E-state index is -1.16. The van der Waals surface area contributed by atoms with Crippen LogP contribution >= 0.6 is 23.4 Å². The highest BCUT2D eigenvalue weighted by Gasteiger charge is 2.52. The Morgan fingerprint density at radius 2 is 1.86 bits per heavy atom. The Morgan fingerprint density at radius 1 is 1.11 bits per heavy atom. The first kappa shape index (κ1) is 31.3. The molecule has 0 bridgehead atoms. The van der Waals surface area contributed by atoms with Gasteiger partial charge in [0.15, 0.2) is 0 Å². The zero-order valence-corrected chi connectivity index (χ0v) is 27.7. The van der Waals surface area contributed by atoms with Crippen molar-refractivity contribution in [2.75, 3.05) is 24.6 Å². The summed E-state index contributed by atoms with van der Waals surface area (Å²) in [5.74, 6) is 0.816. The fraction of sp³-hybridized carbons (Fsp3) is 0.438. The summed E-state index contributed by atoms with van der Waals surface area (Å²) in [4.78, 5) is 30.2. The van der Waals surface area contributed by atoms with Gasteiger partial charge in [0.2, 0.25) is 0 Å². The maximum absolute atomic E-state index is 13.4. The van der Waals surface area contributed by atoms with E-state index in [1.165, 1.54) is 11.8 Å². The van der Waals surface area contributed by atoms with Crippen molar-refractivity contribution in [2.45, 2.75) is 73.9 Å². The lowest BCUT2D eigenvalue weighted by Gasteiger charge is -2.43. The quantitative estimate of drug-likeness (QED) is 0.260. The summed E-state index contributed by atoms with van der Waals surface area (Å²) in [5, 5.41) is 1.44. The van der Waals surface area contributed by atoms with E-state index in [2.05, 4.69) is 26.5 Å². The second kappa shape index (κ2) is 12.6. The topological polar surface area (TPSA) is 108 Å². The molecule has 2 aromatic heterocycles. The first-order valence-electron chi connectivity index (χ1n) is 14.8. The number of hydrogen-bond donors (Lipinski definition) is 1. The van der Waals surface area contributed by atoms with E-state index in [1.807, 2.05) is 63.2 Å². The highest BCUT2D eigenvalue weighted by Crippen LogP contribution is 2.44. The fourth-order valence-electron chi connectivity index (χ4n) is 5.93. The largest absolute Gasteiger partial charge is 0.598 e. The molecular formula is C32H37ClN6O3S2. The standard InChI is InChI=1S/C32H37ClN6O3S2/c1-21-29(37-44(41)31(2,3)4)32(19-42-21)12-14-38(15-13-32)25-16-35-26(17-34-25)43-24-11-10-23-27(28(24)33)30(40)39(20-36-23)18-22-8-6-5-7-9-22/h5-11,16-17,20-21,29,37H,12-15,18-19H2,1-4H3/t21-,29+,44?/m0/s1. The number of piperidine rings is 1. The molecule has 232 valence electrons. The number of rotatable bonds is 7. The van der Waals surface area contributed by atoms with Gasteiger partial charge in [0.05, 0.1) is 59.9 Å². The number of fused-ring (bicyclic) bond motifs is 1. The summed E-state index contributed by atoms with van der Waals surface area (Å²) in [6.45, 7) is 10.7. The van der Waals surface area contributed by atoms with E-state index in [0.29, 0.717) is 34.1 Å². The zero-order valence-electron chi connectivity index (χ0n) is 25.3. The molecule has 0 aliphatic carbocycles. The molecule has 2 aromatic carbocycles. The molecule has 2 saturated heterocycles. The highest BCUT2D eigenvalue weighted by atomic mass is 35.5. The number of aromatic nitrogens is 4. The normalized spacial score (nSPS) is 20.8. The van der Waals surface area contributed by atoms with Crippen molar-refractivity contribution >= 4 is 51.4 Å². The number of anilines is 1. The van der Waals surface area contributed by atoms with Crippen molar-refractivity contribution in [3.05, 3.63) is 82.1 Å². The molecular weight excluding hydrogens is 616 g/mol. The minimum absolute atomic E-state index is 0.00778. The van der Waals surface area contributed by atoms with Crippen LogP contribution in [0.4, 0.5) is 5.82 Å². The van der Waals surface area contributed by atoms with Crippen molar-refractivity contribution < 1.29 is 9.29 Å². The monoisotopic (exact) mass is 652 g/mol. The molecule has 0 amide bonds.